The average molecular weight is 254 g/mol. The van der Waals surface area contributed by atoms with Crippen molar-refractivity contribution in [3.05, 3.63) is 11.8 Å². The van der Waals surface area contributed by atoms with Gasteiger partial charge in [0.05, 0.1) is 12.2 Å². The van der Waals surface area contributed by atoms with Crippen LogP contribution in [-0.2, 0) is 9.47 Å². The van der Waals surface area contributed by atoms with E-state index in [4.69, 9.17) is 15.3 Å². The summed E-state index contributed by atoms with van der Waals surface area (Å²) < 4.78 is 11.9. The smallest absolute Gasteiger partial charge is 0.113 e. The van der Waals surface area contributed by atoms with Crippen molar-refractivity contribution in [2.45, 2.75) is 63.5 Å². The molecule has 2 aliphatic rings. The number of hydrogen-bond acceptors (Lipinski definition) is 4. The minimum atomic E-state index is -0.176. The fourth-order valence-corrected chi connectivity index (χ4v) is 3.23. The first-order valence-electron chi connectivity index (χ1n) is 7.25. The number of hydrogen-bond donors (Lipinski definition) is 2. The number of ether oxygens (including phenoxy) is 2. The second-order valence-corrected chi connectivity index (χ2v) is 5.26. The molecule has 0 saturated heterocycles. The third-order valence-corrected chi connectivity index (χ3v) is 4.07. The van der Waals surface area contributed by atoms with Gasteiger partial charge < -0.3 is 9.47 Å². The zero-order valence-electron chi connectivity index (χ0n) is 11.4. The van der Waals surface area contributed by atoms with E-state index in [0.717, 1.165) is 44.7 Å². The highest BCUT2D eigenvalue weighted by molar-refractivity contribution is 5.14. The Bertz CT molecular complexity index is 280. The molecule has 0 aromatic carbocycles. The van der Waals surface area contributed by atoms with Crippen molar-refractivity contribution in [3.63, 3.8) is 0 Å². The molecular weight excluding hydrogens is 228 g/mol. The fourth-order valence-electron chi connectivity index (χ4n) is 3.23. The largest absolute Gasteiger partial charge is 0.496 e. The van der Waals surface area contributed by atoms with Crippen molar-refractivity contribution in [1.82, 2.24) is 5.43 Å². The van der Waals surface area contributed by atoms with Gasteiger partial charge in [-0.15, -0.1) is 0 Å². The van der Waals surface area contributed by atoms with Crippen LogP contribution in [0.5, 0.6) is 0 Å². The fraction of sp³-hybridized carbons (Fsp3) is 0.857. The number of allylic oxidation sites excluding steroid dienone is 1. The molecule has 0 amide bonds. The second kappa shape index (κ2) is 6.55. The van der Waals surface area contributed by atoms with Crippen molar-refractivity contribution in [2.75, 3.05) is 13.2 Å². The van der Waals surface area contributed by atoms with E-state index in [2.05, 4.69) is 18.4 Å². The van der Waals surface area contributed by atoms with Crippen molar-refractivity contribution in [2.24, 2.45) is 5.84 Å². The highest BCUT2D eigenvalue weighted by Crippen LogP contribution is 2.37. The van der Waals surface area contributed by atoms with E-state index in [9.17, 15) is 0 Å². The Morgan fingerprint density at radius 1 is 1.39 bits per heavy atom. The van der Waals surface area contributed by atoms with Gasteiger partial charge in [-0.2, -0.15) is 0 Å². The van der Waals surface area contributed by atoms with E-state index in [1.165, 1.54) is 19.3 Å². The summed E-state index contributed by atoms with van der Waals surface area (Å²) in [6.07, 6.45) is 10.2. The van der Waals surface area contributed by atoms with Gasteiger partial charge in [0.1, 0.15) is 11.8 Å². The predicted molar refractivity (Wildman–Crippen MR) is 71.8 cm³/mol. The zero-order valence-corrected chi connectivity index (χ0v) is 11.4. The van der Waals surface area contributed by atoms with Crippen LogP contribution in [0.15, 0.2) is 11.8 Å². The summed E-state index contributed by atoms with van der Waals surface area (Å²) in [4.78, 5) is 0. The first kappa shape index (κ1) is 13.8. The normalized spacial score (nSPS) is 25.1. The van der Waals surface area contributed by atoms with Gasteiger partial charge in [0.25, 0.3) is 0 Å². The third-order valence-electron chi connectivity index (χ3n) is 4.07. The average Bonchev–Trinajstić information content (AvgIpc) is 2.42. The molecule has 0 aromatic heterocycles. The number of rotatable bonds is 5. The highest BCUT2D eigenvalue weighted by atomic mass is 16.5. The summed E-state index contributed by atoms with van der Waals surface area (Å²) in [6.45, 7) is 3.58. The molecule has 1 atom stereocenters. The van der Waals surface area contributed by atoms with E-state index in [1.54, 1.807) is 0 Å². The van der Waals surface area contributed by atoms with Crippen LogP contribution in [0.25, 0.3) is 0 Å². The molecule has 18 heavy (non-hydrogen) atoms. The Hall–Kier alpha value is -0.580. The molecule has 0 spiro atoms. The van der Waals surface area contributed by atoms with Crippen molar-refractivity contribution in [3.8, 4) is 0 Å². The Morgan fingerprint density at radius 2 is 2.17 bits per heavy atom. The molecule has 0 bridgehead atoms. The molecule has 1 unspecified atom stereocenters. The summed E-state index contributed by atoms with van der Waals surface area (Å²) >= 11 is 0. The molecule has 0 aromatic rings. The molecule has 1 aliphatic carbocycles. The summed E-state index contributed by atoms with van der Waals surface area (Å²) in [7, 11) is 0. The number of hydrazine groups is 1. The minimum absolute atomic E-state index is 0.00181. The van der Waals surface area contributed by atoms with Crippen LogP contribution in [0, 0.1) is 0 Å². The van der Waals surface area contributed by atoms with Gasteiger partial charge in [-0.3, -0.25) is 5.84 Å². The molecule has 0 radical (unpaired) electrons. The topological polar surface area (TPSA) is 56.5 Å². The van der Waals surface area contributed by atoms with Crippen LogP contribution in [0.2, 0.25) is 0 Å². The Labute approximate surface area is 110 Å². The summed E-state index contributed by atoms with van der Waals surface area (Å²) in [5.41, 5.74) is 2.77. The molecule has 104 valence electrons. The van der Waals surface area contributed by atoms with Crippen molar-refractivity contribution < 1.29 is 9.47 Å². The van der Waals surface area contributed by atoms with Crippen LogP contribution in [-0.4, -0.2) is 24.9 Å². The maximum absolute atomic E-state index is 6.11. The van der Waals surface area contributed by atoms with Gasteiger partial charge in [-0.1, -0.05) is 19.3 Å². The van der Waals surface area contributed by atoms with E-state index in [-0.39, 0.29) is 11.6 Å². The summed E-state index contributed by atoms with van der Waals surface area (Å²) in [5.74, 6) is 6.78. The zero-order chi connectivity index (χ0) is 12.8. The van der Waals surface area contributed by atoms with E-state index >= 15 is 0 Å². The maximum Gasteiger partial charge on any atom is 0.113 e. The van der Waals surface area contributed by atoms with Gasteiger partial charge in [-0.25, -0.2) is 5.43 Å². The quantitative estimate of drug-likeness (QED) is 0.583. The van der Waals surface area contributed by atoms with Crippen LogP contribution >= 0.6 is 0 Å². The number of nitrogens with two attached hydrogens (primary N) is 1. The standard InChI is InChI=1S/C14H26N2O2/c1-2-18-14(9-5-3-6-10-14)13(16-15)12-8-4-7-11-17-12/h8,13,16H,2-7,9-11,15H2,1H3. The van der Waals surface area contributed by atoms with Crippen LogP contribution in [0.1, 0.15) is 51.9 Å². The Morgan fingerprint density at radius 3 is 2.72 bits per heavy atom. The minimum Gasteiger partial charge on any atom is -0.496 e. The predicted octanol–water partition coefficient (Wildman–Crippen LogP) is 2.25. The molecule has 1 heterocycles. The second-order valence-electron chi connectivity index (χ2n) is 5.26. The Balaban J connectivity index is 2.17. The Kier molecular flexibility index (Phi) is 5.03. The SMILES string of the molecule is CCOC1(C(NN)C2=CCCCO2)CCCCC1. The molecule has 4 heteroatoms. The molecule has 2 rings (SSSR count). The molecule has 4 nitrogen and oxygen atoms in total. The number of nitrogens with one attached hydrogen (secondary N) is 1. The van der Waals surface area contributed by atoms with Crippen molar-refractivity contribution >= 4 is 0 Å². The molecule has 1 fully saturated rings. The van der Waals surface area contributed by atoms with Gasteiger partial charge in [0, 0.05) is 6.61 Å². The lowest BCUT2D eigenvalue weighted by Crippen LogP contribution is -2.57. The van der Waals surface area contributed by atoms with Crippen LogP contribution < -0.4 is 11.3 Å². The lowest BCUT2D eigenvalue weighted by atomic mass is 9.78. The first-order chi connectivity index (χ1) is 8.82. The summed E-state index contributed by atoms with van der Waals surface area (Å²) in [5, 5.41) is 0. The monoisotopic (exact) mass is 254 g/mol. The molecular formula is C14H26N2O2. The maximum atomic E-state index is 6.11. The van der Waals surface area contributed by atoms with Crippen LogP contribution in [0.3, 0.4) is 0 Å². The third kappa shape index (κ3) is 2.87. The molecule has 1 aliphatic heterocycles. The van der Waals surface area contributed by atoms with Gasteiger partial charge in [0.15, 0.2) is 0 Å². The van der Waals surface area contributed by atoms with Crippen LogP contribution in [0.4, 0.5) is 0 Å². The summed E-state index contributed by atoms with van der Waals surface area (Å²) in [6, 6.07) is -0.00181. The van der Waals surface area contributed by atoms with E-state index in [0.29, 0.717) is 0 Å². The van der Waals surface area contributed by atoms with E-state index < -0.39 is 0 Å². The lowest BCUT2D eigenvalue weighted by Gasteiger charge is -2.43. The molecule has 3 N–H and O–H groups in total. The van der Waals surface area contributed by atoms with Gasteiger partial charge in [0.2, 0.25) is 0 Å². The van der Waals surface area contributed by atoms with E-state index in [1.807, 2.05) is 0 Å². The van der Waals surface area contributed by atoms with Gasteiger partial charge >= 0.3 is 0 Å². The van der Waals surface area contributed by atoms with Gasteiger partial charge in [-0.05, 0) is 38.7 Å². The highest BCUT2D eigenvalue weighted by Gasteiger charge is 2.43. The first-order valence-corrected chi connectivity index (χ1v) is 7.25. The molecule has 1 saturated carbocycles. The van der Waals surface area contributed by atoms with Crippen molar-refractivity contribution in [1.29, 1.82) is 0 Å². The lowest BCUT2D eigenvalue weighted by molar-refractivity contribution is -0.0925.